The lowest BCUT2D eigenvalue weighted by molar-refractivity contribution is -0.140. The van der Waals surface area contributed by atoms with Gasteiger partial charge in [0, 0.05) is 0 Å². The molecule has 1 rings (SSSR count). The van der Waals surface area contributed by atoms with Crippen molar-refractivity contribution in [3.8, 4) is 5.75 Å². The Hall–Kier alpha value is -2.05. The summed E-state index contributed by atoms with van der Waals surface area (Å²) < 4.78 is 59.7. The number of hydrogen-bond acceptors (Lipinski definition) is 3. The number of rotatable bonds is 3. The van der Waals surface area contributed by atoms with E-state index in [2.05, 4.69) is 4.74 Å². The van der Waals surface area contributed by atoms with Gasteiger partial charge in [-0.2, -0.15) is 13.2 Å². The summed E-state index contributed by atoms with van der Waals surface area (Å²) in [5.41, 5.74) is -1.47. The minimum atomic E-state index is -4.84. The van der Waals surface area contributed by atoms with Crippen LogP contribution in [0.3, 0.4) is 0 Å². The van der Waals surface area contributed by atoms with Crippen molar-refractivity contribution in [1.82, 2.24) is 0 Å². The fraction of sp³-hybridized carbons (Fsp3) is 0.250. The molecule has 0 radical (unpaired) electrons. The van der Waals surface area contributed by atoms with E-state index in [4.69, 9.17) is 4.74 Å². The van der Waals surface area contributed by atoms with Gasteiger partial charge in [0.2, 0.25) is 5.76 Å². The molecule has 0 aromatic heterocycles. The maximum atomic E-state index is 13.0. The van der Waals surface area contributed by atoms with Gasteiger partial charge < -0.3 is 9.47 Å². The van der Waals surface area contributed by atoms with Crippen molar-refractivity contribution in [2.45, 2.75) is 13.1 Å². The van der Waals surface area contributed by atoms with E-state index in [9.17, 15) is 22.4 Å². The molecular weight excluding hydrogens is 268 g/mol. The first-order valence-corrected chi connectivity index (χ1v) is 5.08. The van der Waals surface area contributed by atoms with Crippen molar-refractivity contribution in [3.05, 3.63) is 41.4 Å². The number of hydrogen-bond donors (Lipinski definition) is 0. The van der Waals surface area contributed by atoms with E-state index in [0.717, 1.165) is 13.2 Å². The van der Waals surface area contributed by atoms with Crippen LogP contribution in [0.15, 0.2) is 30.0 Å². The molecule has 0 N–H and O–H groups in total. The van der Waals surface area contributed by atoms with Gasteiger partial charge in [0.25, 0.3) is 0 Å². The molecule has 0 heterocycles. The van der Waals surface area contributed by atoms with Crippen molar-refractivity contribution in [2.75, 3.05) is 7.11 Å². The highest BCUT2D eigenvalue weighted by Gasteiger charge is 2.34. The van der Waals surface area contributed by atoms with Gasteiger partial charge in [-0.25, -0.2) is 9.18 Å². The molecule has 0 aliphatic heterocycles. The van der Waals surface area contributed by atoms with Gasteiger partial charge in [0.15, 0.2) is 0 Å². The zero-order chi connectivity index (χ0) is 14.6. The van der Waals surface area contributed by atoms with Gasteiger partial charge in [-0.05, 0) is 31.2 Å². The lowest BCUT2D eigenvalue weighted by Gasteiger charge is -2.11. The standard InChI is InChI=1S/C12H10F4O3/c1-3-10(11(17)18-2)19-7-4-5-9(13)8(6-7)12(14,15)16/h3-6H,1-2H3/b10-3-. The number of carbonyl (C=O) groups is 1. The number of esters is 1. The predicted molar refractivity (Wildman–Crippen MR) is 57.8 cm³/mol. The molecular formula is C12H10F4O3. The summed E-state index contributed by atoms with van der Waals surface area (Å²) in [6.45, 7) is 1.44. The maximum Gasteiger partial charge on any atom is 0.419 e. The Morgan fingerprint density at radius 1 is 1.32 bits per heavy atom. The van der Waals surface area contributed by atoms with E-state index in [1.807, 2.05) is 0 Å². The summed E-state index contributed by atoms with van der Waals surface area (Å²) in [5, 5.41) is 0. The minimum Gasteiger partial charge on any atom is -0.463 e. The Balaban J connectivity index is 3.07. The van der Waals surface area contributed by atoms with Crippen molar-refractivity contribution >= 4 is 5.97 Å². The second-order valence-electron chi connectivity index (χ2n) is 3.39. The van der Waals surface area contributed by atoms with Crippen LogP contribution in [0.2, 0.25) is 0 Å². The number of benzene rings is 1. The summed E-state index contributed by atoms with van der Waals surface area (Å²) in [7, 11) is 1.10. The summed E-state index contributed by atoms with van der Waals surface area (Å²) in [6, 6.07) is 2.07. The molecule has 19 heavy (non-hydrogen) atoms. The third-order valence-corrected chi connectivity index (χ3v) is 2.12. The highest BCUT2D eigenvalue weighted by Crippen LogP contribution is 2.33. The number of allylic oxidation sites excluding steroid dienone is 1. The van der Waals surface area contributed by atoms with E-state index in [1.54, 1.807) is 0 Å². The molecule has 0 atom stereocenters. The molecule has 1 aromatic carbocycles. The Morgan fingerprint density at radius 3 is 2.42 bits per heavy atom. The summed E-state index contributed by atoms with van der Waals surface area (Å²) in [6.07, 6.45) is -3.62. The van der Waals surface area contributed by atoms with Gasteiger partial charge >= 0.3 is 12.1 Å². The van der Waals surface area contributed by atoms with E-state index in [1.165, 1.54) is 13.0 Å². The topological polar surface area (TPSA) is 35.5 Å². The first kappa shape index (κ1) is 15.0. The van der Waals surface area contributed by atoms with E-state index >= 15 is 0 Å². The Bertz CT molecular complexity index is 506. The largest absolute Gasteiger partial charge is 0.463 e. The molecule has 1 aromatic rings. The van der Waals surface area contributed by atoms with Crippen LogP contribution >= 0.6 is 0 Å². The fourth-order valence-corrected chi connectivity index (χ4v) is 1.23. The number of halogens is 4. The number of alkyl halides is 3. The zero-order valence-corrected chi connectivity index (χ0v) is 10.0. The summed E-state index contributed by atoms with van der Waals surface area (Å²) in [4.78, 5) is 11.2. The first-order valence-electron chi connectivity index (χ1n) is 5.08. The molecule has 0 bridgehead atoms. The number of methoxy groups -OCH3 is 1. The summed E-state index contributed by atoms with van der Waals surface area (Å²) >= 11 is 0. The van der Waals surface area contributed by atoms with Gasteiger partial charge in [-0.1, -0.05) is 0 Å². The number of carbonyl (C=O) groups excluding carboxylic acids is 1. The highest BCUT2D eigenvalue weighted by molar-refractivity contribution is 5.86. The lowest BCUT2D eigenvalue weighted by atomic mass is 10.2. The van der Waals surface area contributed by atoms with Crippen molar-refractivity contribution in [3.63, 3.8) is 0 Å². The van der Waals surface area contributed by atoms with Crippen LogP contribution in [0.25, 0.3) is 0 Å². The van der Waals surface area contributed by atoms with Crippen LogP contribution in [-0.2, 0) is 15.7 Å². The predicted octanol–water partition coefficient (Wildman–Crippen LogP) is 3.30. The van der Waals surface area contributed by atoms with Crippen LogP contribution in [0, 0.1) is 5.82 Å². The van der Waals surface area contributed by atoms with E-state index in [-0.39, 0.29) is 11.5 Å². The van der Waals surface area contributed by atoms with E-state index in [0.29, 0.717) is 12.1 Å². The highest BCUT2D eigenvalue weighted by atomic mass is 19.4. The Labute approximate surface area is 106 Å². The van der Waals surface area contributed by atoms with Crippen LogP contribution < -0.4 is 4.74 Å². The molecule has 0 aliphatic rings. The monoisotopic (exact) mass is 278 g/mol. The lowest BCUT2D eigenvalue weighted by Crippen LogP contribution is -2.12. The van der Waals surface area contributed by atoms with Crippen LogP contribution in [0.5, 0.6) is 5.75 Å². The second kappa shape index (κ2) is 5.73. The van der Waals surface area contributed by atoms with Crippen LogP contribution in [0.4, 0.5) is 17.6 Å². The van der Waals surface area contributed by atoms with Gasteiger partial charge in [-0.15, -0.1) is 0 Å². The van der Waals surface area contributed by atoms with Gasteiger partial charge in [0.05, 0.1) is 12.7 Å². The van der Waals surface area contributed by atoms with Gasteiger partial charge in [0.1, 0.15) is 11.6 Å². The molecule has 0 aliphatic carbocycles. The van der Waals surface area contributed by atoms with Crippen LogP contribution in [0.1, 0.15) is 12.5 Å². The van der Waals surface area contributed by atoms with E-state index < -0.39 is 23.5 Å². The van der Waals surface area contributed by atoms with Crippen molar-refractivity contribution in [1.29, 1.82) is 0 Å². The molecule has 0 saturated carbocycles. The Kier molecular flexibility index (Phi) is 4.52. The average Bonchev–Trinajstić information content (AvgIpc) is 2.35. The number of ether oxygens (including phenoxy) is 2. The van der Waals surface area contributed by atoms with Gasteiger partial charge in [-0.3, -0.25) is 0 Å². The third-order valence-electron chi connectivity index (χ3n) is 2.12. The Morgan fingerprint density at radius 2 is 1.95 bits per heavy atom. The molecule has 0 amide bonds. The first-order chi connectivity index (χ1) is 8.79. The quantitative estimate of drug-likeness (QED) is 0.368. The molecule has 0 saturated heterocycles. The fourth-order valence-electron chi connectivity index (χ4n) is 1.23. The second-order valence-corrected chi connectivity index (χ2v) is 3.39. The minimum absolute atomic E-state index is 0.290. The molecule has 0 fully saturated rings. The van der Waals surface area contributed by atoms with Crippen LogP contribution in [-0.4, -0.2) is 13.1 Å². The molecule has 3 nitrogen and oxygen atoms in total. The molecule has 104 valence electrons. The van der Waals surface area contributed by atoms with Crippen molar-refractivity contribution < 1.29 is 31.8 Å². The summed E-state index contributed by atoms with van der Waals surface area (Å²) in [5.74, 6) is -2.87. The SMILES string of the molecule is C/C=C(\Oc1ccc(F)c(C(F)(F)F)c1)C(=O)OC. The molecule has 0 unspecified atom stereocenters. The molecule has 0 spiro atoms. The normalized spacial score (nSPS) is 12.2. The average molecular weight is 278 g/mol. The maximum absolute atomic E-state index is 13.0. The molecule has 7 heteroatoms. The zero-order valence-electron chi connectivity index (χ0n) is 10.0. The smallest absolute Gasteiger partial charge is 0.419 e. The third kappa shape index (κ3) is 3.70. The van der Waals surface area contributed by atoms with Crippen molar-refractivity contribution in [2.24, 2.45) is 0 Å².